The molecule has 1 saturated carbocycles. The molecule has 1 aliphatic rings. The van der Waals surface area contributed by atoms with Crippen molar-refractivity contribution in [1.29, 1.82) is 0 Å². The average Bonchev–Trinajstić information content (AvgIpc) is 2.74. The maximum absolute atomic E-state index is 12.2. The lowest BCUT2D eigenvalue weighted by atomic mass is 9.98. The highest BCUT2D eigenvalue weighted by Crippen LogP contribution is 2.37. The van der Waals surface area contributed by atoms with E-state index in [0.29, 0.717) is 14.5 Å². The highest BCUT2D eigenvalue weighted by Gasteiger charge is 2.37. The molecule has 1 fully saturated rings. The van der Waals surface area contributed by atoms with Crippen LogP contribution in [-0.2, 0) is 9.53 Å². The van der Waals surface area contributed by atoms with Crippen molar-refractivity contribution in [1.82, 2.24) is 0 Å². The normalized spacial score (nSPS) is 21.2. The van der Waals surface area contributed by atoms with E-state index in [4.69, 9.17) is 4.74 Å². The van der Waals surface area contributed by atoms with Crippen molar-refractivity contribution in [2.75, 3.05) is 6.66 Å². The number of ether oxygens (including phenoxy) is 1. The molecule has 100 valence electrons. The molecule has 0 aromatic heterocycles. The van der Waals surface area contributed by atoms with Gasteiger partial charge in [0, 0.05) is 0 Å². The first kappa shape index (κ1) is 15.0. The predicted molar refractivity (Wildman–Crippen MR) is 75.1 cm³/mol. The molecule has 0 heterocycles. The molecule has 1 rings (SSSR count). The molecule has 0 radical (unpaired) electrons. The van der Waals surface area contributed by atoms with E-state index in [1.54, 1.807) is 0 Å². The van der Waals surface area contributed by atoms with E-state index in [0.717, 1.165) is 25.7 Å². The van der Waals surface area contributed by atoms with Crippen LogP contribution in [0.3, 0.4) is 0 Å². The van der Waals surface area contributed by atoms with Crippen LogP contribution in [0.2, 0.25) is 0 Å². The van der Waals surface area contributed by atoms with Crippen LogP contribution in [0.1, 0.15) is 59.3 Å². The lowest BCUT2D eigenvalue weighted by Gasteiger charge is -2.30. The Morgan fingerprint density at radius 2 is 1.94 bits per heavy atom. The fourth-order valence-corrected chi connectivity index (χ4v) is 3.64. The highest BCUT2D eigenvalue weighted by atomic mass is 31.1. The van der Waals surface area contributed by atoms with Crippen molar-refractivity contribution >= 4 is 14.6 Å². The van der Waals surface area contributed by atoms with Gasteiger partial charge < -0.3 is 4.74 Å². The molecule has 1 aliphatic carbocycles. The molecular weight excluding hydrogens is 231 g/mol. The maximum atomic E-state index is 12.2. The van der Waals surface area contributed by atoms with Gasteiger partial charge in [-0.1, -0.05) is 20.8 Å². The van der Waals surface area contributed by atoms with E-state index in [1.807, 2.05) is 0 Å². The summed E-state index contributed by atoms with van der Waals surface area (Å²) in [5.74, 6) is 0.629. The van der Waals surface area contributed by atoms with Gasteiger partial charge in [0.25, 0.3) is 0 Å². The van der Waals surface area contributed by atoms with Gasteiger partial charge in [0.05, 0.1) is 5.66 Å². The summed E-state index contributed by atoms with van der Waals surface area (Å²) < 4.78 is 5.87. The Bertz CT molecular complexity index is 245. The third-order valence-corrected chi connectivity index (χ3v) is 4.98. The van der Waals surface area contributed by atoms with E-state index in [1.165, 1.54) is 12.8 Å². The second-order valence-electron chi connectivity index (χ2n) is 5.64. The van der Waals surface area contributed by atoms with Crippen LogP contribution < -0.4 is 0 Å². The minimum absolute atomic E-state index is 0.0586. The van der Waals surface area contributed by atoms with Crippen LogP contribution in [-0.4, -0.2) is 23.9 Å². The standard InChI is InChI=1S/C14H27O2P/c1-5-14(8-6-7-9-14)16-13(15)12(17-4)10-11(2)3/h11-12,17H,5-10H2,1-4H3. The fraction of sp³-hybridized carbons (Fsp3) is 0.929. The number of carbonyl (C=O) groups is 1. The third-order valence-electron chi connectivity index (χ3n) is 3.82. The van der Waals surface area contributed by atoms with Crippen molar-refractivity contribution in [2.45, 2.75) is 70.6 Å². The van der Waals surface area contributed by atoms with Gasteiger partial charge in [0.1, 0.15) is 5.60 Å². The second-order valence-corrected chi connectivity index (χ2v) is 6.91. The first-order valence-corrected chi connectivity index (χ1v) is 8.51. The molecule has 2 nitrogen and oxygen atoms in total. The quantitative estimate of drug-likeness (QED) is 0.532. The van der Waals surface area contributed by atoms with Crippen LogP contribution >= 0.6 is 8.58 Å². The van der Waals surface area contributed by atoms with Gasteiger partial charge in [-0.05, 0) is 51.1 Å². The molecule has 0 spiro atoms. The zero-order valence-electron chi connectivity index (χ0n) is 11.7. The van der Waals surface area contributed by atoms with Crippen LogP contribution in [0.5, 0.6) is 0 Å². The zero-order chi connectivity index (χ0) is 12.9. The number of esters is 1. The Morgan fingerprint density at radius 1 is 1.35 bits per heavy atom. The van der Waals surface area contributed by atoms with Gasteiger partial charge in [-0.25, -0.2) is 0 Å². The first-order valence-electron chi connectivity index (χ1n) is 6.93. The molecular formula is C14H27O2P. The van der Waals surface area contributed by atoms with Crippen LogP contribution in [0.25, 0.3) is 0 Å². The smallest absolute Gasteiger partial charge is 0.313 e. The number of carbonyl (C=O) groups excluding carboxylic acids is 1. The van der Waals surface area contributed by atoms with Crippen molar-refractivity contribution < 1.29 is 9.53 Å². The Morgan fingerprint density at radius 3 is 2.35 bits per heavy atom. The topological polar surface area (TPSA) is 26.3 Å². The van der Waals surface area contributed by atoms with Crippen molar-refractivity contribution in [2.24, 2.45) is 5.92 Å². The summed E-state index contributed by atoms with van der Waals surface area (Å²) in [6, 6.07) is 0. The summed E-state index contributed by atoms with van der Waals surface area (Å²) in [4.78, 5) is 12.2. The molecule has 0 aromatic rings. The molecule has 0 N–H and O–H groups in total. The molecule has 2 atom stereocenters. The molecule has 3 heteroatoms. The lowest BCUT2D eigenvalue weighted by molar-refractivity contribution is -0.159. The van der Waals surface area contributed by atoms with Gasteiger partial charge in [-0.2, -0.15) is 0 Å². The Labute approximate surface area is 108 Å². The number of hydrogen-bond acceptors (Lipinski definition) is 2. The summed E-state index contributed by atoms with van der Waals surface area (Å²) in [5, 5.41) is 0. The molecule has 2 unspecified atom stereocenters. The van der Waals surface area contributed by atoms with E-state index in [-0.39, 0.29) is 17.2 Å². The monoisotopic (exact) mass is 258 g/mol. The van der Waals surface area contributed by atoms with Gasteiger partial charge in [-0.3, -0.25) is 4.79 Å². The van der Waals surface area contributed by atoms with E-state index < -0.39 is 0 Å². The fourth-order valence-electron chi connectivity index (χ4n) is 2.63. The Balaban J connectivity index is 2.56. The summed E-state index contributed by atoms with van der Waals surface area (Å²) in [5.41, 5.74) is 0.00501. The summed E-state index contributed by atoms with van der Waals surface area (Å²) in [7, 11) is 0.658. The van der Waals surface area contributed by atoms with Gasteiger partial charge >= 0.3 is 5.97 Å². The van der Waals surface area contributed by atoms with Crippen LogP contribution in [0.15, 0.2) is 0 Å². The van der Waals surface area contributed by atoms with Crippen molar-refractivity contribution in [3.63, 3.8) is 0 Å². The van der Waals surface area contributed by atoms with Crippen molar-refractivity contribution in [3.05, 3.63) is 0 Å². The van der Waals surface area contributed by atoms with Crippen molar-refractivity contribution in [3.8, 4) is 0 Å². The van der Waals surface area contributed by atoms with Crippen LogP contribution in [0, 0.1) is 5.92 Å². The summed E-state index contributed by atoms with van der Waals surface area (Å²) in [6.07, 6.45) is 6.50. The minimum atomic E-state index is -0.119. The predicted octanol–water partition coefficient (Wildman–Crippen LogP) is 3.98. The largest absolute Gasteiger partial charge is 0.459 e. The molecule has 0 saturated heterocycles. The van der Waals surface area contributed by atoms with Crippen LogP contribution in [0.4, 0.5) is 0 Å². The van der Waals surface area contributed by atoms with Gasteiger partial charge in [-0.15, -0.1) is 8.58 Å². The number of rotatable bonds is 6. The minimum Gasteiger partial charge on any atom is -0.459 e. The van der Waals surface area contributed by atoms with E-state index in [2.05, 4.69) is 27.4 Å². The second kappa shape index (κ2) is 6.73. The summed E-state index contributed by atoms with van der Waals surface area (Å²) >= 11 is 0. The van der Waals surface area contributed by atoms with E-state index >= 15 is 0 Å². The maximum Gasteiger partial charge on any atom is 0.313 e. The lowest BCUT2D eigenvalue weighted by Crippen LogP contribution is -2.35. The first-order chi connectivity index (χ1) is 8.03. The Hall–Kier alpha value is -0.100. The molecule has 0 aromatic carbocycles. The summed E-state index contributed by atoms with van der Waals surface area (Å²) in [6.45, 7) is 8.60. The third kappa shape index (κ3) is 4.25. The van der Waals surface area contributed by atoms with Gasteiger partial charge in [0.2, 0.25) is 0 Å². The number of hydrogen-bond donors (Lipinski definition) is 0. The van der Waals surface area contributed by atoms with Gasteiger partial charge in [0.15, 0.2) is 0 Å². The highest BCUT2D eigenvalue weighted by molar-refractivity contribution is 7.39. The molecule has 0 bridgehead atoms. The SMILES string of the molecule is CCC1(OC(=O)C(CC(C)C)PC)CCCC1. The zero-order valence-corrected chi connectivity index (χ0v) is 12.7. The molecule has 17 heavy (non-hydrogen) atoms. The molecule has 0 amide bonds. The Kier molecular flexibility index (Phi) is 5.92. The molecule has 0 aliphatic heterocycles. The average molecular weight is 258 g/mol. The van der Waals surface area contributed by atoms with E-state index in [9.17, 15) is 4.79 Å².